The van der Waals surface area contributed by atoms with E-state index in [1.807, 2.05) is 7.11 Å². The van der Waals surface area contributed by atoms with Gasteiger partial charge in [-0.1, -0.05) is 101 Å². The fourth-order valence-electron chi connectivity index (χ4n) is 11.0. The van der Waals surface area contributed by atoms with Crippen molar-refractivity contribution in [2.75, 3.05) is 13.7 Å². The van der Waals surface area contributed by atoms with E-state index in [9.17, 15) is 0 Å². The number of ether oxygens (including phenoxy) is 2. The molecule has 10 unspecified atom stereocenters. The Morgan fingerprint density at radius 3 is 2.07 bits per heavy atom. The second kappa shape index (κ2) is 18.2. The molecule has 0 amide bonds. The summed E-state index contributed by atoms with van der Waals surface area (Å²) in [6, 6.07) is 0.516. The summed E-state index contributed by atoms with van der Waals surface area (Å²) in [5.74, 6) is 7.06. The first-order chi connectivity index (χ1) is 21.3. The van der Waals surface area contributed by atoms with Crippen molar-refractivity contribution >= 4 is 0 Å². The minimum Gasteiger partial charge on any atom is -0.382 e. The highest BCUT2D eigenvalue weighted by Crippen LogP contribution is 2.57. The van der Waals surface area contributed by atoms with Gasteiger partial charge in [0.25, 0.3) is 0 Å². The molecule has 2 rings (SSSR count). The Labute approximate surface area is 290 Å². The summed E-state index contributed by atoms with van der Waals surface area (Å²) in [4.78, 5) is 0. The summed E-state index contributed by atoms with van der Waals surface area (Å²) in [6.45, 7) is 38.1. The summed E-state index contributed by atoms with van der Waals surface area (Å²) in [7, 11) is 1.82. The number of hydrogen-bond acceptors (Lipinski definition) is 3. The summed E-state index contributed by atoms with van der Waals surface area (Å²) < 4.78 is 12.8. The van der Waals surface area contributed by atoms with Crippen molar-refractivity contribution in [3.63, 3.8) is 0 Å². The van der Waals surface area contributed by atoms with E-state index in [1.54, 1.807) is 0 Å². The van der Waals surface area contributed by atoms with Crippen LogP contribution in [0.2, 0.25) is 0 Å². The molecule has 46 heavy (non-hydrogen) atoms. The minimum absolute atomic E-state index is 0.0363. The highest BCUT2D eigenvalue weighted by atomic mass is 16.5. The molecule has 0 aliphatic heterocycles. The number of methoxy groups -OCH3 is 1. The normalized spacial score (nSPS) is 35.7. The Balaban J connectivity index is 2.44. The quantitative estimate of drug-likeness (QED) is 0.181. The third kappa shape index (κ3) is 11.7. The zero-order valence-corrected chi connectivity index (χ0v) is 34.2. The van der Waals surface area contributed by atoms with Gasteiger partial charge in [0.2, 0.25) is 0 Å². The molecule has 2 aliphatic carbocycles. The van der Waals surface area contributed by atoms with Crippen LogP contribution in [-0.4, -0.2) is 37.5 Å². The Morgan fingerprint density at radius 1 is 0.848 bits per heavy atom. The predicted octanol–water partition coefficient (Wildman–Crippen LogP) is 12.2. The van der Waals surface area contributed by atoms with E-state index in [2.05, 4.69) is 109 Å². The molecule has 0 aromatic carbocycles. The molecule has 0 aromatic heterocycles. The standard InChI is InChI=1S/C43H85NO2/c1-17-38-37(26-29(2)3)21-18-30(4)22-24-43(15,27-33(7)44-25-23-39-32(6)20-19-31(5)35(39)9)40(38)42(13,14)36(10)46-41(11,12)28-34(8)45-16/h29-40,44H,17-28H2,1-16H3/t30?,31?,32?,33-,34?,35?,36?,37?,38?,39?,40?,43+/m1/s1. The van der Waals surface area contributed by atoms with Crippen LogP contribution >= 0.6 is 0 Å². The van der Waals surface area contributed by atoms with Crippen LogP contribution in [0.3, 0.4) is 0 Å². The lowest BCUT2D eigenvalue weighted by Gasteiger charge is -2.55. The van der Waals surface area contributed by atoms with Gasteiger partial charge in [0.15, 0.2) is 0 Å². The summed E-state index contributed by atoms with van der Waals surface area (Å²) in [5.41, 5.74) is 0.0505. The van der Waals surface area contributed by atoms with Crippen molar-refractivity contribution in [2.24, 2.45) is 64.1 Å². The van der Waals surface area contributed by atoms with Gasteiger partial charge in [-0.2, -0.15) is 0 Å². The second-order valence-electron chi connectivity index (χ2n) is 19.3. The van der Waals surface area contributed by atoms with Crippen LogP contribution in [0.25, 0.3) is 0 Å². The number of nitrogens with one attached hydrogen (secondary N) is 1. The fraction of sp³-hybridized carbons (Fsp3) is 1.00. The fourth-order valence-corrected chi connectivity index (χ4v) is 11.0. The van der Waals surface area contributed by atoms with Crippen LogP contribution in [0.4, 0.5) is 0 Å². The van der Waals surface area contributed by atoms with Crippen molar-refractivity contribution in [1.82, 2.24) is 5.32 Å². The molecule has 0 bridgehead atoms. The average molecular weight is 648 g/mol. The van der Waals surface area contributed by atoms with E-state index in [4.69, 9.17) is 9.47 Å². The maximum absolute atomic E-state index is 7.13. The lowest BCUT2D eigenvalue weighted by Crippen LogP contribution is -2.53. The minimum atomic E-state index is -0.228. The Kier molecular flexibility index (Phi) is 16.6. The van der Waals surface area contributed by atoms with Crippen LogP contribution in [0.1, 0.15) is 174 Å². The molecule has 0 aromatic rings. The van der Waals surface area contributed by atoms with Crippen LogP contribution in [0.15, 0.2) is 0 Å². The van der Waals surface area contributed by atoms with Gasteiger partial charge in [-0.25, -0.2) is 0 Å². The Morgan fingerprint density at radius 2 is 1.48 bits per heavy atom. The van der Waals surface area contributed by atoms with E-state index in [0.29, 0.717) is 17.9 Å². The van der Waals surface area contributed by atoms with Crippen LogP contribution in [0.5, 0.6) is 0 Å². The molecule has 2 saturated carbocycles. The van der Waals surface area contributed by atoms with Crippen molar-refractivity contribution < 1.29 is 9.47 Å². The number of hydrogen-bond donors (Lipinski definition) is 1. The molecule has 0 heterocycles. The van der Waals surface area contributed by atoms with Gasteiger partial charge in [0.1, 0.15) is 0 Å². The smallest absolute Gasteiger partial charge is 0.0655 e. The van der Waals surface area contributed by atoms with Crippen LogP contribution in [-0.2, 0) is 9.47 Å². The first kappa shape index (κ1) is 42.0. The highest BCUT2D eigenvalue weighted by molar-refractivity contribution is 5.01. The molecule has 0 spiro atoms. The van der Waals surface area contributed by atoms with Gasteiger partial charge < -0.3 is 14.8 Å². The third-order valence-electron chi connectivity index (χ3n) is 13.9. The number of rotatable bonds is 16. The molecule has 274 valence electrons. The predicted molar refractivity (Wildman–Crippen MR) is 202 cm³/mol. The molecule has 3 heteroatoms. The van der Waals surface area contributed by atoms with E-state index >= 15 is 0 Å². The van der Waals surface area contributed by atoms with Gasteiger partial charge >= 0.3 is 0 Å². The van der Waals surface area contributed by atoms with Crippen molar-refractivity contribution in [3.8, 4) is 0 Å². The molecule has 3 nitrogen and oxygen atoms in total. The topological polar surface area (TPSA) is 30.5 Å². The molecule has 2 aliphatic rings. The maximum atomic E-state index is 7.13. The monoisotopic (exact) mass is 648 g/mol. The van der Waals surface area contributed by atoms with Gasteiger partial charge in [0.05, 0.1) is 17.8 Å². The summed E-state index contributed by atoms with van der Waals surface area (Å²) in [5, 5.41) is 4.12. The maximum Gasteiger partial charge on any atom is 0.0655 e. The van der Waals surface area contributed by atoms with Gasteiger partial charge in [-0.05, 0) is 137 Å². The lowest BCUT2D eigenvalue weighted by molar-refractivity contribution is -0.167. The Bertz CT molecular complexity index is 852. The van der Waals surface area contributed by atoms with Crippen molar-refractivity contribution in [3.05, 3.63) is 0 Å². The first-order valence-corrected chi connectivity index (χ1v) is 20.2. The molecule has 0 radical (unpaired) electrons. The van der Waals surface area contributed by atoms with Crippen LogP contribution < -0.4 is 5.32 Å². The zero-order valence-electron chi connectivity index (χ0n) is 34.2. The molecule has 1 N–H and O–H groups in total. The molecule has 12 atom stereocenters. The zero-order chi connectivity index (χ0) is 35.0. The van der Waals surface area contributed by atoms with E-state index in [-0.39, 0.29) is 28.6 Å². The first-order valence-electron chi connectivity index (χ1n) is 20.2. The molecule has 2 fully saturated rings. The van der Waals surface area contributed by atoms with E-state index < -0.39 is 0 Å². The van der Waals surface area contributed by atoms with Gasteiger partial charge in [0, 0.05) is 19.6 Å². The van der Waals surface area contributed by atoms with E-state index in [1.165, 1.54) is 64.2 Å². The van der Waals surface area contributed by atoms with E-state index in [0.717, 1.165) is 54.4 Å². The van der Waals surface area contributed by atoms with Gasteiger partial charge in [-0.15, -0.1) is 0 Å². The summed E-state index contributed by atoms with van der Waals surface area (Å²) >= 11 is 0. The average Bonchev–Trinajstić information content (AvgIpc) is 2.99. The van der Waals surface area contributed by atoms with Crippen molar-refractivity contribution in [2.45, 2.75) is 198 Å². The van der Waals surface area contributed by atoms with Crippen LogP contribution in [0, 0.1) is 64.1 Å². The molecular weight excluding hydrogens is 562 g/mol. The molecule has 0 saturated heterocycles. The highest BCUT2D eigenvalue weighted by Gasteiger charge is 2.52. The van der Waals surface area contributed by atoms with Gasteiger partial charge in [-0.3, -0.25) is 0 Å². The lowest BCUT2D eigenvalue weighted by atomic mass is 9.52. The van der Waals surface area contributed by atoms with Crippen molar-refractivity contribution in [1.29, 1.82) is 0 Å². The SMILES string of the molecule is CCC1C(CC(C)C)CCC(C)CC[C@@](C)(C[C@@H](C)NCCC2C(C)CCC(C)C2C)C1C(C)(C)C(C)OC(C)(C)CC(C)OC. The molecular formula is C43H85NO2. The summed E-state index contributed by atoms with van der Waals surface area (Å²) in [6.07, 6.45) is 14.7. The Hall–Kier alpha value is -0.120. The largest absolute Gasteiger partial charge is 0.382 e. The third-order valence-corrected chi connectivity index (χ3v) is 13.9. The second-order valence-corrected chi connectivity index (χ2v) is 19.3.